The molecule has 0 unspecified atom stereocenters. The lowest BCUT2D eigenvalue weighted by atomic mass is 10.3. The van der Waals surface area contributed by atoms with Gasteiger partial charge in [-0.1, -0.05) is 0 Å². The maximum Gasteiger partial charge on any atom is 0.145 e. The highest BCUT2D eigenvalue weighted by molar-refractivity contribution is 5.93. The Morgan fingerprint density at radius 3 is 3.00 bits per heavy atom. The topological polar surface area (TPSA) is 81.2 Å². The monoisotopic (exact) mass is 193 g/mol. The molecule has 3 N–H and O–H groups in total. The Hall–Kier alpha value is -1.62. The fourth-order valence-electron chi connectivity index (χ4n) is 1.11. The summed E-state index contributed by atoms with van der Waals surface area (Å²) >= 11 is 0. The Morgan fingerprint density at radius 1 is 1.64 bits per heavy atom. The highest BCUT2D eigenvalue weighted by Crippen LogP contribution is 2.15. The van der Waals surface area contributed by atoms with Crippen molar-refractivity contribution in [3.05, 3.63) is 24.0 Å². The van der Waals surface area contributed by atoms with Crippen LogP contribution in [-0.4, -0.2) is 30.1 Å². The van der Waals surface area contributed by atoms with Gasteiger partial charge in [-0.05, 0) is 6.07 Å². The molecule has 0 spiro atoms. The molecular formula is C9H11N3O2. The van der Waals surface area contributed by atoms with E-state index in [1.165, 1.54) is 0 Å². The number of nitrogens with zero attached hydrogens (tertiary/aromatic N) is 1. The molecule has 0 atom stereocenters. The molecule has 1 aromatic heterocycles. The van der Waals surface area contributed by atoms with Gasteiger partial charge in [0.2, 0.25) is 0 Å². The van der Waals surface area contributed by atoms with E-state index in [0.717, 1.165) is 0 Å². The number of hydrogen-bond donors (Lipinski definition) is 2. The SMILES string of the molecule is N=C(N)c1cc(OC2COC2)ccn1. The second-order valence-corrected chi connectivity index (χ2v) is 3.07. The number of hydrogen-bond acceptors (Lipinski definition) is 4. The highest BCUT2D eigenvalue weighted by atomic mass is 16.6. The molecule has 2 rings (SSSR count). The Balaban J connectivity index is 2.09. The van der Waals surface area contributed by atoms with Gasteiger partial charge in [0.1, 0.15) is 23.4 Å². The Bertz CT molecular complexity index is 350. The first-order chi connectivity index (χ1) is 6.75. The quantitative estimate of drug-likeness (QED) is 0.528. The maximum atomic E-state index is 7.21. The molecule has 0 saturated carbocycles. The van der Waals surface area contributed by atoms with Crippen molar-refractivity contribution in [1.82, 2.24) is 4.98 Å². The fourth-order valence-corrected chi connectivity index (χ4v) is 1.11. The van der Waals surface area contributed by atoms with Crippen LogP contribution in [-0.2, 0) is 4.74 Å². The molecule has 0 radical (unpaired) electrons. The summed E-state index contributed by atoms with van der Waals surface area (Å²) in [5.74, 6) is 0.624. The summed E-state index contributed by atoms with van der Waals surface area (Å²) in [7, 11) is 0. The molecular weight excluding hydrogens is 182 g/mol. The van der Waals surface area contributed by atoms with Gasteiger partial charge < -0.3 is 15.2 Å². The Kier molecular flexibility index (Phi) is 2.32. The summed E-state index contributed by atoms with van der Waals surface area (Å²) in [5.41, 5.74) is 5.73. The average molecular weight is 193 g/mol. The van der Waals surface area contributed by atoms with E-state index in [1.54, 1.807) is 18.3 Å². The molecule has 0 amide bonds. The van der Waals surface area contributed by atoms with E-state index in [2.05, 4.69) is 4.98 Å². The second kappa shape index (κ2) is 3.63. The van der Waals surface area contributed by atoms with Crippen LogP contribution in [0.15, 0.2) is 18.3 Å². The normalized spacial score (nSPS) is 16.0. The van der Waals surface area contributed by atoms with Crippen LogP contribution in [0.2, 0.25) is 0 Å². The van der Waals surface area contributed by atoms with Crippen molar-refractivity contribution in [2.75, 3.05) is 13.2 Å². The standard InChI is InChI=1S/C9H11N3O2/c10-9(11)8-3-6(1-2-12-8)14-7-4-13-5-7/h1-3,7H,4-5H2,(H3,10,11). The van der Waals surface area contributed by atoms with Gasteiger partial charge in [0, 0.05) is 12.3 Å². The number of nitrogens with one attached hydrogen (secondary N) is 1. The summed E-state index contributed by atoms with van der Waals surface area (Å²) in [5, 5.41) is 7.21. The van der Waals surface area contributed by atoms with Gasteiger partial charge in [0.05, 0.1) is 13.2 Å². The van der Waals surface area contributed by atoms with Crippen molar-refractivity contribution in [2.24, 2.45) is 5.73 Å². The van der Waals surface area contributed by atoms with E-state index in [0.29, 0.717) is 24.7 Å². The molecule has 0 aromatic carbocycles. The zero-order chi connectivity index (χ0) is 9.97. The third-order valence-electron chi connectivity index (χ3n) is 1.92. The molecule has 2 heterocycles. The molecule has 1 fully saturated rings. The zero-order valence-corrected chi connectivity index (χ0v) is 7.56. The van der Waals surface area contributed by atoms with Crippen LogP contribution in [0.3, 0.4) is 0 Å². The lowest BCUT2D eigenvalue weighted by molar-refractivity contribution is -0.0797. The number of ether oxygens (including phenoxy) is 2. The maximum absolute atomic E-state index is 7.21. The summed E-state index contributed by atoms with van der Waals surface area (Å²) < 4.78 is 10.5. The van der Waals surface area contributed by atoms with E-state index in [9.17, 15) is 0 Å². The predicted octanol–water partition coefficient (Wildman–Crippen LogP) is 0.143. The first kappa shape index (κ1) is 8.96. The van der Waals surface area contributed by atoms with Gasteiger partial charge in [0.15, 0.2) is 0 Å². The molecule has 1 aliphatic heterocycles. The van der Waals surface area contributed by atoms with E-state index in [4.69, 9.17) is 20.6 Å². The minimum Gasteiger partial charge on any atom is -0.485 e. The highest BCUT2D eigenvalue weighted by Gasteiger charge is 2.20. The smallest absolute Gasteiger partial charge is 0.145 e. The third kappa shape index (κ3) is 1.82. The van der Waals surface area contributed by atoms with Crippen LogP contribution in [0, 0.1) is 5.41 Å². The first-order valence-corrected chi connectivity index (χ1v) is 4.30. The van der Waals surface area contributed by atoms with E-state index < -0.39 is 0 Å². The van der Waals surface area contributed by atoms with Crippen LogP contribution in [0.5, 0.6) is 5.75 Å². The summed E-state index contributed by atoms with van der Waals surface area (Å²) in [6.45, 7) is 1.25. The number of nitrogen functional groups attached to an aromatic ring is 1. The van der Waals surface area contributed by atoms with Crippen molar-refractivity contribution in [2.45, 2.75) is 6.10 Å². The van der Waals surface area contributed by atoms with Gasteiger partial charge in [-0.15, -0.1) is 0 Å². The van der Waals surface area contributed by atoms with E-state index >= 15 is 0 Å². The van der Waals surface area contributed by atoms with Gasteiger partial charge >= 0.3 is 0 Å². The number of aromatic nitrogens is 1. The van der Waals surface area contributed by atoms with Gasteiger partial charge in [0.25, 0.3) is 0 Å². The molecule has 0 aliphatic carbocycles. The summed E-state index contributed by atoms with van der Waals surface area (Å²) in [6, 6.07) is 3.39. The van der Waals surface area contributed by atoms with Crippen molar-refractivity contribution < 1.29 is 9.47 Å². The van der Waals surface area contributed by atoms with Gasteiger partial charge in [-0.25, -0.2) is 0 Å². The van der Waals surface area contributed by atoms with Crippen molar-refractivity contribution in [3.63, 3.8) is 0 Å². The van der Waals surface area contributed by atoms with Crippen LogP contribution in [0.4, 0.5) is 0 Å². The summed E-state index contributed by atoms with van der Waals surface area (Å²) in [6.07, 6.45) is 1.70. The molecule has 5 nitrogen and oxygen atoms in total. The first-order valence-electron chi connectivity index (χ1n) is 4.30. The van der Waals surface area contributed by atoms with Crippen LogP contribution < -0.4 is 10.5 Å². The van der Waals surface area contributed by atoms with Gasteiger partial charge in [-0.3, -0.25) is 10.4 Å². The lowest BCUT2D eigenvalue weighted by Crippen LogP contribution is -2.38. The molecule has 74 valence electrons. The Morgan fingerprint density at radius 2 is 2.43 bits per heavy atom. The minimum absolute atomic E-state index is 0.0553. The molecule has 0 bridgehead atoms. The number of amidine groups is 1. The van der Waals surface area contributed by atoms with Crippen molar-refractivity contribution in [3.8, 4) is 5.75 Å². The third-order valence-corrected chi connectivity index (χ3v) is 1.92. The van der Waals surface area contributed by atoms with Gasteiger partial charge in [-0.2, -0.15) is 0 Å². The molecule has 14 heavy (non-hydrogen) atoms. The van der Waals surface area contributed by atoms with E-state index in [1.807, 2.05) is 0 Å². The lowest BCUT2D eigenvalue weighted by Gasteiger charge is -2.26. The fraction of sp³-hybridized carbons (Fsp3) is 0.333. The minimum atomic E-state index is -0.0553. The molecule has 1 saturated heterocycles. The van der Waals surface area contributed by atoms with Crippen LogP contribution in [0.1, 0.15) is 5.69 Å². The molecule has 1 aromatic rings. The average Bonchev–Trinajstić information content (AvgIpc) is 2.12. The second-order valence-electron chi connectivity index (χ2n) is 3.07. The van der Waals surface area contributed by atoms with E-state index in [-0.39, 0.29) is 11.9 Å². The zero-order valence-electron chi connectivity index (χ0n) is 7.56. The number of rotatable bonds is 3. The molecule has 1 aliphatic rings. The Labute approximate surface area is 81.4 Å². The summed E-state index contributed by atoms with van der Waals surface area (Å²) in [4.78, 5) is 3.93. The van der Waals surface area contributed by atoms with Crippen LogP contribution in [0.25, 0.3) is 0 Å². The number of nitrogens with two attached hydrogens (primary N) is 1. The van der Waals surface area contributed by atoms with Crippen LogP contribution >= 0.6 is 0 Å². The van der Waals surface area contributed by atoms with Crippen molar-refractivity contribution >= 4 is 5.84 Å². The molecule has 5 heteroatoms. The predicted molar refractivity (Wildman–Crippen MR) is 50.5 cm³/mol. The number of pyridine rings is 1. The van der Waals surface area contributed by atoms with Crippen molar-refractivity contribution in [1.29, 1.82) is 5.41 Å². The largest absolute Gasteiger partial charge is 0.485 e.